The van der Waals surface area contributed by atoms with E-state index in [1.54, 1.807) is 11.8 Å². The van der Waals surface area contributed by atoms with Crippen molar-refractivity contribution >= 4 is 11.8 Å². The summed E-state index contributed by atoms with van der Waals surface area (Å²) in [7, 11) is 0. The van der Waals surface area contributed by atoms with Crippen LogP contribution in [-0.2, 0) is 11.3 Å². The van der Waals surface area contributed by atoms with Gasteiger partial charge >= 0.3 is 0 Å². The van der Waals surface area contributed by atoms with Gasteiger partial charge in [-0.3, -0.25) is 0 Å². The lowest BCUT2D eigenvalue weighted by Gasteiger charge is -2.19. The molecule has 0 unspecified atom stereocenters. The van der Waals surface area contributed by atoms with Crippen molar-refractivity contribution in [3.8, 4) is 0 Å². The van der Waals surface area contributed by atoms with Crippen LogP contribution in [0.15, 0.2) is 17.6 Å². The molecule has 80 valence electrons. The lowest BCUT2D eigenvalue weighted by molar-refractivity contribution is -0.00754. The van der Waals surface area contributed by atoms with Crippen LogP contribution in [-0.4, -0.2) is 28.0 Å². The minimum absolute atomic E-state index is 0.0555. The van der Waals surface area contributed by atoms with Gasteiger partial charge < -0.3 is 9.30 Å². The largest absolute Gasteiger partial charge is 0.374 e. The topological polar surface area (TPSA) is 27.1 Å². The Morgan fingerprint density at radius 2 is 2.21 bits per heavy atom. The molecule has 3 nitrogen and oxygen atoms in total. The van der Waals surface area contributed by atoms with Crippen LogP contribution < -0.4 is 0 Å². The molecule has 1 rings (SSSR count). The van der Waals surface area contributed by atoms with Crippen LogP contribution in [0, 0.1) is 0 Å². The molecule has 0 atom stereocenters. The van der Waals surface area contributed by atoms with Crippen molar-refractivity contribution in [2.45, 2.75) is 38.1 Å². The number of rotatable bonds is 4. The third-order valence-corrected chi connectivity index (χ3v) is 2.43. The van der Waals surface area contributed by atoms with Gasteiger partial charge in [-0.15, -0.1) is 0 Å². The number of thioether (sulfide) groups is 1. The Morgan fingerprint density at radius 3 is 2.79 bits per heavy atom. The summed E-state index contributed by atoms with van der Waals surface area (Å²) in [5.74, 6) is 0. The fourth-order valence-electron chi connectivity index (χ4n) is 1.11. The smallest absolute Gasteiger partial charge is 0.167 e. The molecule has 0 aliphatic rings. The maximum atomic E-state index is 5.64. The van der Waals surface area contributed by atoms with E-state index in [0.717, 1.165) is 18.3 Å². The van der Waals surface area contributed by atoms with E-state index in [9.17, 15) is 0 Å². The molecule has 0 spiro atoms. The molecule has 0 bridgehead atoms. The fourth-order valence-corrected chi connectivity index (χ4v) is 1.66. The van der Waals surface area contributed by atoms with Crippen LogP contribution in [0.1, 0.15) is 20.8 Å². The molecule has 0 radical (unpaired) electrons. The third-order valence-electron chi connectivity index (χ3n) is 1.73. The Labute approximate surface area is 89.9 Å². The molecule has 0 saturated heterocycles. The maximum absolute atomic E-state index is 5.64. The molecular formula is C10H18N2OS. The van der Waals surface area contributed by atoms with E-state index in [1.165, 1.54) is 0 Å². The number of hydrogen-bond acceptors (Lipinski definition) is 3. The average Bonchev–Trinajstić information content (AvgIpc) is 2.49. The molecule has 1 aromatic heterocycles. The highest BCUT2D eigenvalue weighted by atomic mass is 32.2. The van der Waals surface area contributed by atoms with Gasteiger partial charge in [-0.05, 0) is 27.0 Å². The van der Waals surface area contributed by atoms with E-state index in [4.69, 9.17) is 4.74 Å². The van der Waals surface area contributed by atoms with Crippen molar-refractivity contribution in [3.63, 3.8) is 0 Å². The van der Waals surface area contributed by atoms with E-state index >= 15 is 0 Å². The Morgan fingerprint density at radius 1 is 1.50 bits per heavy atom. The van der Waals surface area contributed by atoms with Gasteiger partial charge in [0.25, 0.3) is 0 Å². The molecule has 14 heavy (non-hydrogen) atoms. The van der Waals surface area contributed by atoms with Crippen LogP contribution in [0.4, 0.5) is 0 Å². The highest BCUT2D eigenvalue weighted by Gasteiger charge is 2.09. The molecule has 0 saturated carbocycles. The fraction of sp³-hybridized carbons (Fsp3) is 0.700. The lowest BCUT2D eigenvalue weighted by Crippen LogP contribution is -2.21. The predicted molar refractivity (Wildman–Crippen MR) is 59.7 cm³/mol. The van der Waals surface area contributed by atoms with E-state index in [0.29, 0.717) is 0 Å². The highest BCUT2D eigenvalue weighted by Crippen LogP contribution is 2.12. The van der Waals surface area contributed by atoms with Gasteiger partial charge in [0, 0.05) is 18.9 Å². The van der Waals surface area contributed by atoms with Gasteiger partial charge in [0.05, 0.1) is 12.2 Å². The van der Waals surface area contributed by atoms with Gasteiger partial charge in [-0.1, -0.05) is 11.8 Å². The van der Waals surface area contributed by atoms with Crippen molar-refractivity contribution < 1.29 is 4.74 Å². The van der Waals surface area contributed by atoms with Gasteiger partial charge in [0.1, 0.15) is 0 Å². The maximum Gasteiger partial charge on any atom is 0.167 e. The Kier molecular flexibility index (Phi) is 4.01. The summed E-state index contributed by atoms with van der Waals surface area (Å²) in [6.07, 6.45) is 5.84. The van der Waals surface area contributed by atoms with Crippen LogP contribution >= 0.6 is 11.8 Å². The van der Waals surface area contributed by atoms with Crippen LogP contribution in [0.2, 0.25) is 0 Å². The summed E-state index contributed by atoms with van der Waals surface area (Å²) in [5, 5.41) is 1.04. The number of ether oxygens (including phenoxy) is 1. The van der Waals surface area contributed by atoms with E-state index in [1.807, 2.05) is 18.6 Å². The summed E-state index contributed by atoms with van der Waals surface area (Å²) >= 11 is 1.66. The van der Waals surface area contributed by atoms with Crippen molar-refractivity contribution in [2.24, 2.45) is 0 Å². The first-order chi connectivity index (χ1) is 6.53. The molecule has 0 aromatic carbocycles. The Balaban J connectivity index is 2.38. The van der Waals surface area contributed by atoms with Gasteiger partial charge in [-0.2, -0.15) is 0 Å². The molecule has 0 fully saturated rings. The number of hydrogen-bond donors (Lipinski definition) is 0. The first-order valence-corrected chi connectivity index (χ1v) is 5.94. The second-order valence-electron chi connectivity index (χ2n) is 4.07. The van der Waals surface area contributed by atoms with Crippen molar-refractivity contribution in [3.05, 3.63) is 12.4 Å². The van der Waals surface area contributed by atoms with Crippen LogP contribution in [0.5, 0.6) is 0 Å². The zero-order valence-corrected chi connectivity index (χ0v) is 10.1. The van der Waals surface area contributed by atoms with Crippen molar-refractivity contribution in [1.82, 2.24) is 9.55 Å². The molecular weight excluding hydrogens is 196 g/mol. The molecule has 0 amide bonds. The lowest BCUT2D eigenvalue weighted by atomic mass is 10.2. The summed E-state index contributed by atoms with van der Waals surface area (Å²) in [6, 6.07) is 0. The second-order valence-corrected chi connectivity index (χ2v) is 4.84. The van der Waals surface area contributed by atoms with E-state index in [2.05, 4.69) is 30.3 Å². The number of aromatic nitrogens is 2. The number of imidazole rings is 1. The van der Waals surface area contributed by atoms with Crippen molar-refractivity contribution in [2.75, 3.05) is 12.9 Å². The third kappa shape index (κ3) is 3.72. The van der Waals surface area contributed by atoms with Gasteiger partial charge in [-0.25, -0.2) is 4.98 Å². The van der Waals surface area contributed by atoms with E-state index < -0.39 is 0 Å². The molecule has 0 N–H and O–H groups in total. The summed E-state index contributed by atoms with van der Waals surface area (Å²) in [4.78, 5) is 4.22. The molecule has 0 aliphatic heterocycles. The quantitative estimate of drug-likeness (QED) is 0.720. The minimum atomic E-state index is -0.0555. The summed E-state index contributed by atoms with van der Waals surface area (Å²) < 4.78 is 7.75. The average molecular weight is 214 g/mol. The van der Waals surface area contributed by atoms with Crippen molar-refractivity contribution in [1.29, 1.82) is 0 Å². The summed E-state index contributed by atoms with van der Waals surface area (Å²) in [6.45, 7) is 7.80. The highest BCUT2D eigenvalue weighted by molar-refractivity contribution is 7.98. The van der Waals surface area contributed by atoms with Crippen LogP contribution in [0.3, 0.4) is 0 Å². The first kappa shape index (κ1) is 11.6. The minimum Gasteiger partial charge on any atom is -0.374 e. The Bertz CT molecular complexity index is 278. The summed E-state index contributed by atoms with van der Waals surface area (Å²) in [5.41, 5.74) is -0.0555. The van der Waals surface area contributed by atoms with Gasteiger partial charge in [0.2, 0.25) is 0 Å². The SMILES string of the molecule is CSc1nccn1CCOC(C)(C)C. The normalized spacial score (nSPS) is 12.0. The zero-order valence-electron chi connectivity index (χ0n) is 9.28. The Hall–Kier alpha value is -0.480. The van der Waals surface area contributed by atoms with Gasteiger partial charge in [0.15, 0.2) is 5.16 Å². The van der Waals surface area contributed by atoms with Crippen LogP contribution in [0.25, 0.3) is 0 Å². The molecule has 1 aromatic rings. The monoisotopic (exact) mass is 214 g/mol. The predicted octanol–water partition coefficient (Wildman–Crippen LogP) is 2.42. The second kappa shape index (κ2) is 4.84. The molecule has 0 aliphatic carbocycles. The first-order valence-electron chi connectivity index (χ1n) is 4.72. The zero-order chi connectivity index (χ0) is 10.6. The van der Waals surface area contributed by atoms with E-state index in [-0.39, 0.29) is 5.60 Å². The standard InChI is InChI=1S/C10H18N2OS/c1-10(2,3)13-8-7-12-6-5-11-9(12)14-4/h5-6H,7-8H2,1-4H3. The molecule has 1 heterocycles. The number of nitrogens with zero attached hydrogens (tertiary/aromatic N) is 2. The molecule has 4 heteroatoms.